The van der Waals surface area contributed by atoms with E-state index in [4.69, 9.17) is 9.26 Å². The number of carbonyl (C=O) groups excluding carboxylic acids is 1. The van der Waals surface area contributed by atoms with Gasteiger partial charge in [-0.1, -0.05) is 53.2 Å². The van der Waals surface area contributed by atoms with Crippen LogP contribution in [0.2, 0.25) is 0 Å². The van der Waals surface area contributed by atoms with Gasteiger partial charge >= 0.3 is 0 Å². The molecule has 2 aromatic carbocycles. The molecule has 6 nitrogen and oxygen atoms in total. The van der Waals surface area contributed by atoms with Crippen molar-refractivity contribution in [3.05, 3.63) is 66.1 Å². The second-order valence-electron chi connectivity index (χ2n) is 5.67. The second kappa shape index (κ2) is 7.61. The maximum Gasteiger partial charge on any atom is 0.261 e. The SMILES string of the molecule is Cc1ccc(-c2noc(CNC(=O)C(C)Oc3ccccc3)n2)cc1. The lowest BCUT2D eigenvalue weighted by molar-refractivity contribution is -0.127. The molecule has 1 aromatic heterocycles. The number of hydrogen-bond acceptors (Lipinski definition) is 5. The number of ether oxygens (including phenoxy) is 1. The number of carbonyl (C=O) groups is 1. The monoisotopic (exact) mass is 337 g/mol. The van der Waals surface area contributed by atoms with Gasteiger partial charge in [0.25, 0.3) is 5.91 Å². The maximum atomic E-state index is 12.1. The average Bonchev–Trinajstić information content (AvgIpc) is 3.10. The van der Waals surface area contributed by atoms with Crippen LogP contribution in [0.1, 0.15) is 18.4 Å². The molecule has 0 aliphatic carbocycles. The Hall–Kier alpha value is -3.15. The van der Waals surface area contributed by atoms with E-state index < -0.39 is 6.10 Å². The third-order valence-electron chi connectivity index (χ3n) is 3.62. The van der Waals surface area contributed by atoms with Gasteiger partial charge in [-0.15, -0.1) is 0 Å². The van der Waals surface area contributed by atoms with Crippen LogP contribution in [0.5, 0.6) is 5.75 Å². The van der Waals surface area contributed by atoms with Crippen LogP contribution < -0.4 is 10.1 Å². The highest BCUT2D eigenvalue weighted by Gasteiger charge is 2.16. The van der Waals surface area contributed by atoms with Crippen LogP contribution in [0.4, 0.5) is 0 Å². The molecule has 0 saturated carbocycles. The first-order valence-electron chi connectivity index (χ1n) is 8.01. The second-order valence-corrected chi connectivity index (χ2v) is 5.67. The molecule has 1 atom stereocenters. The minimum atomic E-state index is -0.623. The molecule has 3 rings (SSSR count). The number of nitrogens with one attached hydrogen (secondary N) is 1. The van der Waals surface area contributed by atoms with Crippen molar-refractivity contribution in [1.29, 1.82) is 0 Å². The third kappa shape index (κ3) is 4.44. The van der Waals surface area contributed by atoms with Gasteiger partial charge in [0, 0.05) is 5.56 Å². The smallest absolute Gasteiger partial charge is 0.261 e. The van der Waals surface area contributed by atoms with E-state index in [1.807, 2.05) is 49.4 Å². The summed E-state index contributed by atoms with van der Waals surface area (Å²) in [7, 11) is 0. The van der Waals surface area contributed by atoms with E-state index in [1.54, 1.807) is 19.1 Å². The summed E-state index contributed by atoms with van der Waals surface area (Å²) in [6.45, 7) is 3.85. The number of aromatic nitrogens is 2. The summed E-state index contributed by atoms with van der Waals surface area (Å²) in [5, 5.41) is 6.67. The van der Waals surface area contributed by atoms with Crippen LogP contribution in [-0.4, -0.2) is 22.2 Å². The average molecular weight is 337 g/mol. The van der Waals surface area contributed by atoms with Gasteiger partial charge in [0.2, 0.25) is 11.7 Å². The minimum absolute atomic E-state index is 0.153. The summed E-state index contributed by atoms with van der Waals surface area (Å²) in [4.78, 5) is 16.4. The lowest BCUT2D eigenvalue weighted by Crippen LogP contribution is -2.35. The predicted molar refractivity (Wildman–Crippen MR) is 92.8 cm³/mol. The molecule has 0 saturated heterocycles. The molecular formula is C19H19N3O3. The highest BCUT2D eigenvalue weighted by atomic mass is 16.5. The Kier molecular flexibility index (Phi) is 5.09. The molecule has 1 heterocycles. The van der Waals surface area contributed by atoms with Crippen LogP contribution in [0, 0.1) is 6.92 Å². The Morgan fingerprint density at radius 1 is 1.16 bits per heavy atom. The molecule has 0 aliphatic rings. The molecule has 3 aromatic rings. The number of para-hydroxylation sites is 1. The van der Waals surface area contributed by atoms with Gasteiger partial charge in [0.15, 0.2) is 6.10 Å². The number of rotatable bonds is 6. The van der Waals surface area contributed by atoms with Crippen molar-refractivity contribution >= 4 is 5.91 Å². The number of aryl methyl sites for hydroxylation is 1. The predicted octanol–water partition coefficient (Wildman–Crippen LogP) is 3.13. The fourth-order valence-corrected chi connectivity index (χ4v) is 2.21. The number of nitrogens with zero attached hydrogens (tertiary/aromatic N) is 2. The van der Waals surface area contributed by atoms with Gasteiger partial charge in [0.1, 0.15) is 5.75 Å². The van der Waals surface area contributed by atoms with Crippen LogP contribution in [-0.2, 0) is 11.3 Å². The molecule has 1 unspecified atom stereocenters. The molecular weight excluding hydrogens is 318 g/mol. The van der Waals surface area contributed by atoms with E-state index in [2.05, 4.69) is 15.5 Å². The quantitative estimate of drug-likeness (QED) is 0.748. The largest absolute Gasteiger partial charge is 0.481 e. The third-order valence-corrected chi connectivity index (χ3v) is 3.62. The summed E-state index contributed by atoms with van der Waals surface area (Å²) in [5.74, 6) is 1.23. The molecule has 0 aliphatic heterocycles. The molecule has 0 fully saturated rings. The highest BCUT2D eigenvalue weighted by molar-refractivity contribution is 5.80. The van der Waals surface area contributed by atoms with Crippen molar-refractivity contribution in [3.63, 3.8) is 0 Å². The summed E-state index contributed by atoms with van der Waals surface area (Å²) < 4.78 is 10.8. The zero-order valence-electron chi connectivity index (χ0n) is 14.1. The number of amides is 1. The van der Waals surface area contributed by atoms with Gasteiger partial charge in [-0.3, -0.25) is 4.79 Å². The van der Waals surface area contributed by atoms with Gasteiger partial charge in [0.05, 0.1) is 6.54 Å². The first kappa shape index (κ1) is 16.7. The topological polar surface area (TPSA) is 77.2 Å². The van der Waals surface area contributed by atoms with Gasteiger partial charge < -0.3 is 14.6 Å². The zero-order chi connectivity index (χ0) is 17.6. The molecule has 0 spiro atoms. The number of hydrogen-bond donors (Lipinski definition) is 1. The van der Waals surface area contributed by atoms with Crippen LogP contribution in [0.3, 0.4) is 0 Å². The molecule has 6 heteroatoms. The van der Waals surface area contributed by atoms with Crippen molar-refractivity contribution in [3.8, 4) is 17.1 Å². The molecule has 0 bridgehead atoms. The van der Waals surface area contributed by atoms with Crippen LogP contribution in [0.15, 0.2) is 59.1 Å². The lowest BCUT2D eigenvalue weighted by atomic mass is 10.1. The van der Waals surface area contributed by atoms with Crippen LogP contribution >= 0.6 is 0 Å². The lowest BCUT2D eigenvalue weighted by Gasteiger charge is -2.13. The highest BCUT2D eigenvalue weighted by Crippen LogP contribution is 2.16. The van der Waals surface area contributed by atoms with E-state index in [0.29, 0.717) is 17.5 Å². The van der Waals surface area contributed by atoms with E-state index >= 15 is 0 Å². The summed E-state index contributed by atoms with van der Waals surface area (Å²) in [6, 6.07) is 17.0. The van der Waals surface area contributed by atoms with Gasteiger partial charge in [-0.05, 0) is 26.0 Å². The summed E-state index contributed by atoms with van der Waals surface area (Å²) in [6.07, 6.45) is -0.623. The number of benzene rings is 2. The molecule has 0 radical (unpaired) electrons. The fourth-order valence-electron chi connectivity index (χ4n) is 2.21. The van der Waals surface area contributed by atoms with Gasteiger partial charge in [-0.25, -0.2) is 0 Å². The molecule has 1 amide bonds. The van der Waals surface area contributed by atoms with E-state index in [-0.39, 0.29) is 12.5 Å². The van der Waals surface area contributed by atoms with E-state index in [0.717, 1.165) is 11.1 Å². The van der Waals surface area contributed by atoms with Gasteiger partial charge in [-0.2, -0.15) is 4.98 Å². The molecule has 25 heavy (non-hydrogen) atoms. The molecule has 1 N–H and O–H groups in total. The van der Waals surface area contributed by atoms with Crippen LogP contribution in [0.25, 0.3) is 11.4 Å². The standard InChI is InChI=1S/C19H19N3O3/c1-13-8-10-15(11-9-13)18-21-17(25-22-18)12-20-19(23)14(2)24-16-6-4-3-5-7-16/h3-11,14H,12H2,1-2H3,(H,20,23). The first-order valence-corrected chi connectivity index (χ1v) is 8.01. The summed E-state index contributed by atoms with van der Waals surface area (Å²) in [5.41, 5.74) is 2.03. The Bertz CT molecular complexity index is 829. The van der Waals surface area contributed by atoms with E-state index in [1.165, 1.54) is 0 Å². The summed E-state index contributed by atoms with van der Waals surface area (Å²) >= 11 is 0. The van der Waals surface area contributed by atoms with Crippen molar-refractivity contribution in [2.45, 2.75) is 26.5 Å². The van der Waals surface area contributed by atoms with Crippen molar-refractivity contribution < 1.29 is 14.1 Å². The van der Waals surface area contributed by atoms with Crippen molar-refractivity contribution in [2.75, 3.05) is 0 Å². The van der Waals surface area contributed by atoms with E-state index in [9.17, 15) is 4.79 Å². The molecule has 128 valence electrons. The van der Waals surface area contributed by atoms with Crippen molar-refractivity contribution in [1.82, 2.24) is 15.5 Å². The Balaban J connectivity index is 1.54. The maximum absolute atomic E-state index is 12.1. The minimum Gasteiger partial charge on any atom is -0.481 e. The fraction of sp³-hybridized carbons (Fsp3) is 0.211. The Morgan fingerprint density at radius 3 is 2.60 bits per heavy atom. The van der Waals surface area contributed by atoms with Crippen molar-refractivity contribution in [2.24, 2.45) is 0 Å². The normalized spacial score (nSPS) is 11.8. The zero-order valence-corrected chi connectivity index (χ0v) is 14.1. The Labute approximate surface area is 145 Å². The Morgan fingerprint density at radius 2 is 1.88 bits per heavy atom. The first-order chi connectivity index (χ1) is 12.1.